The zero-order chi connectivity index (χ0) is 14.5. The number of anilines is 1. The predicted molar refractivity (Wildman–Crippen MR) is 78.7 cm³/mol. The first-order chi connectivity index (χ1) is 9.60. The maximum atomic E-state index is 12.2. The summed E-state index contributed by atoms with van der Waals surface area (Å²) in [6.07, 6.45) is 1.73. The van der Waals surface area contributed by atoms with Gasteiger partial charge in [-0.2, -0.15) is 0 Å². The van der Waals surface area contributed by atoms with Gasteiger partial charge in [-0.15, -0.1) is 0 Å². The van der Waals surface area contributed by atoms with Gasteiger partial charge in [-0.3, -0.25) is 9.59 Å². The fourth-order valence-corrected chi connectivity index (χ4v) is 2.46. The second kappa shape index (κ2) is 6.52. The van der Waals surface area contributed by atoms with E-state index in [0.717, 1.165) is 25.1 Å². The van der Waals surface area contributed by atoms with Gasteiger partial charge in [-0.25, -0.2) is 0 Å². The minimum absolute atomic E-state index is 0.0601. The van der Waals surface area contributed by atoms with E-state index >= 15 is 0 Å². The molecule has 0 bridgehead atoms. The van der Waals surface area contributed by atoms with Crippen LogP contribution >= 0.6 is 0 Å². The number of amides is 2. The molecule has 1 aliphatic heterocycles. The van der Waals surface area contributed by atoms with E-state index in [1.807, 2.05) is 0 Å². The summed E-state index contributed by atoms with van der Waals surface area (Å²) in [5.41, 5.74) is 1.31. The molecule has 0 spiro atoms. The maximum Gasteiger partial charge on any atom is 0.251 e. The third-order valence-electron chi connectivity index (χ3n) is 3.64. The van der Waals surface area contributed by atoms with E-state index in [0.29, 0.717) is 11.6 Å². The van der Waals surface area contributed by atoms with Crippen molar-refractivity contribution < 1.29 is 9.59 Å². The predicted octanol–water partition coefficient (Wildman–Crippen LogP) is 1.37. The Morgan fingerprint density at radius 3 is 2.55 bits per heavy atom. The van der Waals surface area contributed by atoms with E-state index in [1.54, 1.807) is 31.3 Å². The fourth-order valence-electron chi connectivity index (χ4n) is 2.46. The average Bonchev–Trinajstić information content (AvgIpc) is 2.47. The van der Waals surface area contributed by atoms with Gasteiger partial charge in [0.05, 0.1) is 0 Å². The Kier molecular flexibility index (Phi) is 4.74. The molecule has 2 unspecified atom stereocenters. The van der Waals surface area contributed by atoms with Crippen LogP contribution in [0.5, 0.6) is 0 Å². The summed E-state index contributed by atoms with van der Waals surface area (Å²) in [6.45, 7) is 2.98. The Hall–Kier alpha value is -1.88. The molecule has 20 heavy (non-hydrogen) atoms. The molecule has 1 aliphatic rings. The van der Waals surface area contributed by atoms with Crippen LogP contribution in [0.3, 0.4) is 0 Å². The highest BCUT2D eigenvalue weighted by Crippen LogP contribution is 2.19. The molecule has 1 saturated heterocycles. The minimum atomic E-state index is -0.130. The summed E-state index contributed by atoms with van der Waals surface area (Å²) in [5, 5.41) is 8.82. The third-order valence-corrected chi connectivity index (χ3v) is 3.64. The lowest BCUT2D eigenvalue weighted by Crippen LogP contribution is -2.40. The number of nitrogens with one attached hydrogen (secondary N) is 3. The van der Waals surface area contributed by atoms with Gasteiger partial charge in [0.25, 0.3) is 5.91 Å². The maximum absolute atomic E-state index is 12.2. The van der Waals surface area contributed by atoms with Gasteiger partial charge in [-0.05, 0) is 50.6 Å². The molecular weight excluding hydrogens is 254 g/mol. The van der Waals surface area contributed by atoms with E-state index in [1.165, 1.54) is 0 Å². The summed E-state index contributed by atoms with van der Waals surface area (Å²) in [4.78, 5) is 23.6. The highest BCUT2D eigenvalue weighted by Gasteiger charge is 2.24. The zero-order valence-corrected chi connectivity index (χ0v) is 11.9. The smallest absolute Gasteiger partial charge is 0.251 e. The van der Waals surface area contributed by atoms with Crippen molar-refractivity contribution in [1.82, 2.24) is 10.6 Å². The quantitative estimate of drug-likeness (QED) is 0.780. The van der Waals surface area contributed by atoms with E-state index in [9.17, 15) is 9.59 Å². The molecule has 0 aliphatic carbocycles. The number of hydrogen-bond donors (Lipinski definition) is 3. The van der Waals surface area contributed by atoms with Crippen molar-refractivity contribution in [2.24, 2.45) is 5.92 Å². The van der Waals surface area contributed by atoms with Gasteiger partial charge in [-0.1, -0.05) is 0 Å². The monoisotopic (exact) mass is 275 g/mol. The molecule has 1 fully saturated rings. The van der Waals surface area contributed by atoms with Gasteiger partial charge in [0.1, 0.15) is 0 Å². The van der Waals surface area contributed by atoms with Crippen LogP contribution in [0.4, 0.5) is 5.69 Å². The molecular formula is C15H21N3O2. The molecule has 2 rings (SSSR count). The van der Waals surface area contributed by atoms with Crippen LogP contribution < -0.4 is 16.0 Å². The minimum Gasteiger partial charge on any atom is -0.355 e. The molecule has 3 N–H and O–H groups in total. The Morgan fingerprint density at radius 2 is 1.95 bits per heavy atom. The molecule has 0 radical (unpaired) electrons. The van der Waals surface area contributed by atoms with Gasteiger partial charge in [0, 0.05) is 30.3 Å². The Balaban J connectivity index is 1.95. The second-order valence-corrected chi connectivity index (χ2v) is 5.22. The molecule has 0 saturated carbocycles. The number of carbonyl (C=O) groups excluding carboxylic acids is 2. The Bertz CT molecular complexity index is 484. The summed E-state index contributed by atoms with van der Waals surface area (Å²) in [7, 11) is 1.59. The van der Waals surface area contributed by atoms with Crippen LogP contribution in [0.25, 0.3) is 0 Å². The summed E-state index contributed by atoms with van der Waals surface area (Å²) in [5.74, 6) is -0.00836. The summed E-state index contributed by atoms with van der Waals surface area (Å²) < 4.78 is 0. The first-order valence-corrected chi connectivity index (χ1v) is 6.96. The Morgan fingerprint density at radius 1 is 1.25 bits per heavy atom. The van der Waals surface area contributed by atoms with Crippen molar-refractivity contribution in [3.8, 4) is 0 Å². The number of piperidine rings is 1. The lowest BCUT2D eigenvalue weighted by Gasteiger charge is -2.27. The number of benzene rings is 1. The normalized spacial score (nSPS) is 22.1. The van der Waals surface area contributed by atoms with Crippen LogP contribution in [-0.4, -0.2) is 31.4 Å². The van der Waals surface area contributed by atoms with Crippen molar-refractivity contribution in [3.05, 3.63) is 29.8 Å². The van der Waals surface area contributed by atoms with Crippen molar-refractivity contribution in [2.75, 3.05) is 18.9 Å². The molecule has 1 aromatic rings. The number of rotatable bonds is 3. The molecule has 1 heterocycles. The van der Waals surface area contributed by atoms with E-state index < -0.39 is 0 Å². The van der Waals surface area contributed by atoms with Crippen LogP contribution in [0.15, 0.2) is 24.3 Å². The average molecular weight is 275 g/mol. The number of carbonyl (C=O) groups is 2. The molecule has 2 amide bonds. The van der Waals surface area contributed by atoms with Gasteiger partial charge >= 0.3 is 0 Å². The standard InChI is InChI=1S/C15H21N3O2/c1-10-9-12(7-8-17-10)15(20)18-13-5-3-11(4-6-13)14(19)16-2/h3-6,10,12,17H,7-9H2,1-2H3,(H,16,19)(H,18,20). The lowest BCUT2D eigenvalue weighted by molar-refractivity contribution is -0.120. The SMILES string of the molecule is CNC(=O)c1ccc(NC(=O)C2CCNC(C)C2)cc1. The van der Waals surface area contributed by atoms with E-state index in [4.69, 9.17) is 0 Å². The first-order valence-electron chi connectivity index (χ1n) is 6.96. The van der Waals surface area contributed by atoms with E-state index in [2.05, 4.69) is 22.9 Å². The summed E-state index contributed by atoms with van der Waals surface area (Å²) >= 11 is 0. The van der Waals surface area contributed by atoms with Crippen molar-refractivity contribution in [1.29, 1.82) is 0 Å². The lowest BCUT2D eigenvalue weighted by atomic mass is 9.92. The van der Waals surface area contributed by atoms with Gasteiger partial charge < -0.3 is 16.0 Å². The largest absolute Gasteiger partial charge is 0.355 e. The van der Waals surface area contributed by atoms with Crippen LogP contribution in [0.1, 0.15) is 30.1 Å². The van der Waals surface area contributed by atoms with Gasteiger partial charge in [0.15, 0.2) is 0 Å². The van der Waals surface area contributed by atoms with Crippen LogP contribution in [0.2, 0.25) is 0 Å². The van der Waals surface area contributed by atoms with Crippen LogP contribution in [0, 0.1) is 5.92 Å². The van der Waals surface area contributed by atoms with E-state index in [-0.39, 0.29) is 17.7 Å². The fraction of sp³-hybridized carbons (Fsp3) is 0.467. The second-order valence-electron chi connectivity index (χ2n) is 5.22. The summed E-state index contributed by atoms with van der Waals surface area (Å²) in [6, 6.07) is 7.31. The van der Waals surface area contributed by atoms with Crippen molar-refractivity contribution >= 4 is 17.5 Å². The zero-order valence-electron chi connectivity index (χ0n) is 11.9. The third kappa shape index (κ3) is 3.57. The molecule has 5 heteroatoms. The molecule has 1 aromatic carbocycles. The number of hydrogen-bond acceptors (Lipinski definition) is 3. The topological polar surface area (TPSA) is 70.2 Å². The van der Waals surface area contributed by atoms with Crippen molar-refractivity contribution in [3.63, 3.8) is 0 Å². The molecule has 5 nitrogen and oxygen atoms in total. The highest BCUT2D eigenvalue weighted by atomic mass is 16.2. The Labute approximate surface area is 119 Å². The van der Waals surface area contributed by atoms with Crippen LogP contribution in [-0.2, 0) is 4.79 Å². The molecule has 108 valence electrons. The van der Waals surface area contributed by atoms with Crippen molar-refractivity contribution in [2.45, 2.75) is 25.8 Å². The van der Waals surface area contributed by atoms with Gasteiger partial charge in [0.2, 0.25) is 5.91 Å². The first kappa shape index (κ1) is 14.5. The molecule has 0 aromatic heterocycles. The molecule has 2 atom stereocenters. The highest BCUT2D eigenvalue weighted by molar-refractivity contribution is 5.96.